The average Bonchev–Trinajstić information content (AvgIpc) is 2.22. The van der Waals surface area contributed by atoms with Crippen LogP contribution in [0.25, 0.3) is 0 Å². The molecule has 88 valence electrons. The molecule has 0 saturated heterocycles. The molecule has 0 radical (unpaired) electrons. The Hall–Kier alpha value is 0.456. The van der Waals surface area contributed by atoms with Crippen LogP contribution in [-0.4, -0.2) is 5.60 Å². The minimum Gasteiger partial charge on any atom is -0.872 e. The van der Waals surface area contributed by atoms with E-state index in [4.69, 9.17) is 4.74 Å². The number of ether oxygens (including phenoxy) is 1. The molecular formula is C14H19KO2. The van der Waals surface area contributed by atoms with Gasteiger partial charge in [-0.15, -0.1) is 5.75 Å². The molecule has 0 atom stereocenters. The fraction of sp³-hybridized carbons (Fsp3) is 0.571. The third-order valence-corrected chi connectivity index (χ3v) is 3.67. The van der Waals surface area contributed by atoms with Crippen molar-refractivity contribution in [3.05, 3.63) is 22.3 Å². The monoisotopic (exact) mass is 258 g/mol. The van der Waals surface area contributed by atoms with Crippen LogP contribution in [0.3, 0.4) is 0 Å². The Balaban J connectivity index is 0.00000144. The summed E-state index contributed by atoms with van der Waals surface area (Å²) in [5.74, 6) is 1.13. The number of rotatable bonds is 0. The first kappa shape index (κ1) is 15.5. The summed E-state index contributed by atoms with van der Waals surface area (Å²) < 4.78 is 6.03. The van der Waals surface area contributed by atoms with E-state index in [0.717, 1.165) is 40.8 Å². The summed E-state index contributed by atoms with van der Waals surface area (Å²) in [6.07, 6.45) is 1.92. The third kappa shape index (κ3) is 2.74. The normalized spacial score (nSPS) is 16.8. The summed E-state index contributed by atoms with van der Waals surface area (Å²) in [5, 5.41) is 12.0. The van der Waals surface area contributed by atoms with Crippen LogP contribution in [-0.2, 0) is 6.42 Å². The Morgan fingerprint density at radius 3 is 2.24 bits per heavy atom. The van der Waals surface area contributed by atoms with Crippen molar-refractivity contribution in [2.75, 3.05) is 0 Å². The van der Waals surface area contributed by atoms with Gasteiger partial charge >= 0.3 is 51.4 Å². The van der Waals surface area contributed by atoms with Crippen LogP contribution in [0.15, 0.2) is 0 Å². The van der Waals surface area contributed by atoms with Gasteiger partial charge in [0, 0.05) is 0 Å². The molecule has 1 aromatic rings. The molecule has 2 nitrogen and oxygen atoms in total. The van der Waals surface area contributed by atoms with Crippen molar-refractivity contribution < 1.29 is 61.2 Å². The summed E-state index contributed by atoms with van der Waals surface area (Å²) in [5.41, 5.74) is 3.72. The van der Waals surface area contributed by atoms with E-state index in [0.29, 0.717) is 0 Å². The van der Waals surface area contributed by atoms with E-state index in [-0.39, 0.29) is 62.7 Å². The molecule has 0 N–H and O–H groups in total. The second-order valence-electron chi connectivity index (χ2n) is 5.37. The fourth-order valence-corrected chi connectivity index (χ4v) is 2.35. The molecule has 1 heterocycles. The second kappa shape index (κ2) is 5.22. The van der Waals surface area contributed by atoms with Gasteiger partial charge in [0.25, 0.3) is 0 Å². The van der Waals surface area contributed by atoms with Crippen LogP contribution in [0.1, 0.15) is 42.5 Å². The summed E-state index contributed by atoms with van der Waals surface area (Å²) in [4.78, 5) is 0. The number of hydrogen-bond donors (Lipinski definition) is 0. The molecule has 0 spiro atoms. The SMILES string of the molecule is Cc1c(C)c2c(c(C)c1[O-])CCC(C)(C)O2.[K+]. The molecule has 0 aromatic heterocycles. The van der Waals surface area contributed by atoms with Crippen molar-refractivity contribution in [2.24, 2.45) is 0 Å². The Labute approximate surface area is 146 Å². The standard InChI is InChI=1S/C14H20O2.K/c1-8-9(2)13-11(10(3)12(8)15)6-7-14(4,5)16-13;/h15H,6-7H2,1-5H3;/q;+1/p-1. The van der Waals surface area contributed by atoms with Crippen molar-refractivity contribution in [1.82, 2.24) is 0 Å². The van der Waals surface area contributed by atoms with Crippen molar-refractivity contribution in [3.63, 3.8) is 0 Å². The summed E-state index contributed by atoms with van der Waals surface area (Å²) in [7, 11) is 0. The van der Waals surface area contributed by atoms with Crippen LogP contribution in [0, 0.1) is 20.8 Å². The summed E-state index contributed by atoms with van der Waals surface area (Å²) in [6.45, 7) is 9.98. The quantitative estimate of drug-likeness (QED) is 0.603. The molecule has 0 bridgehead atoms. The second-order valence-corrected chi connectivity index (χ2v) is 5.37. The summed E-state index contributed by atoms with van der Waals surface area (Å²) >= 11 is 0. The maximum atomic E-state index is 12.0. The topological polar surface area (TPSA) is 32.3 Å². The van der Waals surface area contributed by atoms with Gasteiger partial charge in [0.05, 0.1) is 0 Å². The van der Waals surface area contributed by atoms with Crippen LogP contribution < -0.4 is 61.2 Å². The van der Waals surface area contributed by atoms with Crippen molar-refractivity contribution in [2.45, 2.75) is 53.1 Å². The van der Waals surface area contributed by atoms with E-state index in [9.17, 15) is 5.11 Å². The molecule has 0 aliphatic carbocycles. The van der Waals surface area contributed by atoms with E-state index in [1.807, 2.05) is 20.8 Å². The smallest absolute Gasteiger partial charge is 0.872 e. The Morgan fingerprint density at radius 1 is 1.06 bits per heavy atom. The summed E-state index contributed by atoms with van der Waals surface area (Å²) in [6, 6.07) is 0. The Kier molecular flexibility index (Phi) is 4.76. The first-order chi connectivity index (χ1) is 7.33. The fourth-order valence-electron chi connectivity index (χ4n) is 2.35. The van der Waals surface area contributed by atoms with Gasteiger partial charge in [0.1, 0.15) is 11.4 Å². The van der Waals surface area contributed by atoms with Gasteiger partial charge in [-0.05, 0) is 58.6 Å². The van der Waals surface area contributed by atoms with Gasteiger partial charge in [-0.25, -0.2) is 0 Å². The minimum absolute atomic E-state index is 0. The van der Waals surface area contributed by atoms with E-state index >= 15 is 0 Å². The molecule has 17 heavy (non-hydrogen) atoms. The van der Waals surface area contributed by atoms with Gasteiger partial charge in [-0.3, -0.25) is 0 Å². The van der Waals surface area contributed by atoms with Crippen LogP contribution in [0.2, 0.25) is 0 Å². The number of fused-ring (bicyclic) bond motifs is 1. The molecule has 0 fully saturated rings. The molecule has 3 heteroatoms. The van der Waals surface area contributed by atoms with Crippen LogP contribution in [0.5, 0.6) is 11.5 Å². The van der Waals surface area contributed by atoms with E-state index in [1.165, 1.54) is 0 Å². The molecular weight excluding hydrogens is 239 g/mol. The molecule has 0 saturated carbocycles. The van der Waals surface area contributed by atoms with Gasteiger partial charge in [0.2, 0.25) is 0 Å². The van der Waals surface area contributed by atoms with Crippen molar-refractivity contribution in [1.29, 1.82) is 0 Å². The number of hydrogen-bond acceptors (Lipinski definition) is 2. The molecule has 1 aliphatic rings. The predicted octanol–water partition coefficient (Wildman–Crippen LogP) is -0.207. The average molecular weight is 258 g/mol. The zero-order valence-electron chi connectivity index (χ0n) is 11.7. The van der Waals surface area contributed by atoms with Crippen LogP contribution >= 0.6 is 0 Å². The largest absolute Gasteiger partial charge is 1.00 e. The molecule has 0 amide bonds. The molecule has 0 unspecified atom stereocenters. The molecule has 1 aromatic carbocycles. The Bertz CT molecular complexity index is 450. The third-order valence-electron chi connectivity index (χ3n) is 3.67. The van der Waals surface area contributed by atoms with Crippen LogP contribution in [0.4, 0.5) is 0 Å². The zero-order chi connectivity index (χ0) is 12.1. The van der Waals surface area contributed by atoms with Gasteiger partial charge < -0.3 is 9.84 Å². The predicted molar refractivity (Wildman–Crippen MR) is 63.1 cm³/mol. The maximum absolute atomic E-state index is 12.0. The van der Waals surface area contributed by atoms with E-state index in [2.05, 4.69) is 13.8 Å². The van der Waals surface area contributed by atoms with E-state index < -0.39 is 0 Å². The molecule has 1 aliphatic heterocycles. The Morgan fingerprint density at radius 2 is 1.65 bits per heavy atom. The number of benzene rings is 1. The molecule has 2 rings (SSSR count). The van der Waals surface area contributed by atoms with Gasteiger partial charge in [-0.2, -0.15) is 0 Å². The first-order valence-corrected chi connectivity index (χ1v) is 5.82. The maximum Gasteiger partial charge on any atom is 1.00 e. The van der Waals surface area contributed by atoms with Gasteiger partial charge in [-0.1, -0.05) is 11.1 Å². The first-order valence-electron chi connectivity index (χ1n) is 5.82. The van der Waals surface area contributed by atoms with E-state index in [1.54, 1.807) is 0 Å². The minimum atomic E-state index is -0.110. The van der Waals surface area contributed by atoms with Crippen molar-refractivity contribution >= 4 is 0 Å². The zero-order valence-corrected chi connectivity index (χ0v) is 14.9. The van der Waals surface area contributed by atoms with Crippen molar-refractivity contribution in [3.8, 4) is 11.5 Å². The van der Waals surface area contributed by atoms with Gasteiger partial charge in [0.15, 0.2) is 0 Å².